The van der Waals surface area contributed by atoms with Crippen LogP contribution in [-0.2, 0) is 0 Å². The second-order valence-electron chi connectivity index (χ2n) is 2.79. The van der Waals surface area contributed by atoms with Crippen LogP contribution in [0, 0.1) is 0 Å². The zero-order chi connectivity index (χ0) is 9.35. The van der Waals surface area contributed by atoms with Crippen molar-refractivity contribution in [3.63, 3.8) is 0 Å². The van der Waals surface area contributed by atoms with Crippen molar-refractivity contribution >= 4 is 6.09 Å². The Hall–Kier alpha value is -0.910. The highest BCUT2D eigenvalue weighted by Crippen LogP contribution is 2.31. The van der Waals surface area contributed by atoms with E-state index in [4.69, 9.17) is 5.11 Å². The Morgan fingerprint density at radius 3 is 2.67 bits per heavy atom. The minimum absolute atomic E-state index is 0.458. The van der Waals surface area contributed by atoms with Gasteiger partial charge in [0, 0.05) is 6.42 Å². The van der Waals surface area contributed by atoms with Gasteiger partial charge in [0.25, 0.3) is 5.92 Å². The van der Waals surface area contributed by atoms with E-state index in [1.807, 2.05) is 0 Å². The Kier molecular flexibility index (Phi) is 2.18. The summed E-state index contributed by atoms with van der Waals surface area (Å²) >= 11 is 0. The van der Waals surface area contributed by atoms with Gasteiger partial charge in [-0.2, -0.15) is 0 Å². The third-order valence-corrected chi connectivity index (χ3v) is 1.82. The van der Waals surface area contributed by atoms with Crippen molar-refractivity contribution in [3.8, 4) is 0 Å². The van der Waals surface area contributed by atoms with E-state index in [2.05, 4.69) is 0 Å². The summed E-state index contributed by atoms with van der Waals surface area (Å²) in [5, 5.41) is 18.8. The fourth-order valence-electron chi connectivity index (χ4n) is 1.27. The molecule has 1 N–H and O–H groups in total. The number of carbonyl (C=O) groups is 1. The molecular formula is C6H8F2NO3-. The van der Waals surface area contributed by atoms with E-state index in [0.717, 1.165) is 0 Å². The van der Waals surface area contributed by atoms with Gasteiger partial charge in [0.1, 0.15) is 6.09 Å². The summed E-state index contributed by atoms with van der Waals surface area (Å²) in [6.07, 6.45) is -2.29. The van der Waals surface area contributed by atoms with E-state index in [1.165, 1.54) is 0 Å². The number of likely N-dealkylation sites (tertiary alicyclic amines) is 1. The van der Waals surface area contributed by atoms with Crippen molar-refractivity contribution in [2.24, 2.45) is 0 Å². The lowest BCUT2D eigenvalue weighted by molar-refractivity contribution is -0.267. The van der Waals surface area contributed by atoms with Gasteiger partial charge < -0.3 is 19.9 Å². The number of hydrogen-bond donors (Lipinski definition) is 1. The number of carbonyl (C=O) groups excluding carboxylic acids is 1. The van der Waals surface area contributed by atoms with Crippen LogP contribution in [0.2, 0.25) is 0 Å². The van der Waals surface area contributed by atoms with E-state index in [9.17, 15) is 18.7 Å². The number of hydrogen-bond acceptors (Lipinski definition) is 3. The molecule has 0 saturated carbocycles. The molecule has 1 rings (SSSR count). The lowest BCUT2D eigenvalue weighted by Gasteiger charge is -2.24. The number of amides is 1. The number of rotatable bonds is 1. The molecule has 1 fully saturated rings. The van der Waals surface area contributed by atoms with Crippen molar-refractivity contribution < 1.29 is 23.8 Å². The molecule has 1 heterocycles. The predicted octanol–water partition coefficient (Wildman–Crippen LogP) is -0.968. The standard InChI is InChI=1S/C6H9F2NO3/c7-6(8)1-4(2-10)9(3-6)5(11)12/h4,10H,1-3H2,(H,11,12)/p-1/t4-/m0/s1. The average Bonchev–Trinajstić information content (AvgIpc) is 2.25. The number of alkyl halides is 2. The Balaban J connectivity index is 2.69. The van der Waals surface area contributed by atoms with Crippen LogP contribution in [0.4, 0.5) is 13.6 Å². The summed E-state index contributed by atoms with van der Waals surface area (Å²) in [7, 11) is 0. The molecule has 12 heavy (non-hydrogen) atoms. The van der Waals surface area contributed by atoms with Crippen molar-refractivity contribution in [2.75, 3.05) is 13.2 Å². The molecule has 1 aliphatic rings. The number of aliphatic hydroxyl groups excluding tert-OH is 1. The summed E-state index contributed by atoms with van der Waals surface area (Å²) in [6, 6.07) is -1.02. The Morgan fingerprint density at radius 1 is 1.75 bits per heavy atom. The van der Waals surface area contributed by atoms with E-state index in [1.54, 1.807) is 0 Å². The van der Waals surface area contributed by atoms with E-state index in [0.29, 0.717) is 4.90 Å². The highest BCUT2D eigenvalue weighted by Gasteiger charge is 2.44. The molecule has 0 aromatic rings. The minimum Gasteiger partial charge on any atom is -0.530 e. The Labute approximate surface area is 67.4 Å². The van der Waals surface area contributed by atoms with Crippen LogP contribution < -0.4 is 5.11 Å². The first-order chi connectivity index (χ1) is 5.46. The summed E-state index contributed by atoms with van der Waals surface area (Å²) in [6.45, 7) is -1.47. The number of nitrogens with zero attached hydrogens (tertiary/aromatic N) is 1. The van der Waals surface area contributed by atoms with Gasteiger partial charge in [-0.05, 0) is 0 Å². The summed E-state index contributed by atoms with van der Waals surface area (Å²) in [5.74, 6) is -3.03. The number of aliphatic hydroxyl groups is 1. The maximum Gasteiger partial charge on any atom is 0.267 e. The maximum atomic E-state index is 12.5. The molecule has 0 bridgehead atoms. The van der Waals surface area contributed by atoms with Gasteiger partial charge in [-0.1, -0.05) is 0 Å². The Morgan fingerprint density at radius 2 is 2.33 bits per heavy atom. The molecule has 1 atom stereocenters. The molecule has 1 saturated heterocycles. The van der Waals surface area contributed by atoms with Gasteiger partial charge in [-0.3, -0.25) is 0 Å². The molecule has 70 valence electrons. The summed E-state index contributed by atoms with van der Waals surface area (Å²) in [4.78, 5) is 10.7. The lowest BCUT2D eigenvalue weighted by atomic mass is 10.2. The normalized spacial score (nSPS) is 27.6. The third-order valence-electron chi connectivity index (χ3n) is 1.82. The van der Waals surface area contributed by atoms with Crippen molar-refractivity contribution in [3.05, 3.63) is 0 Å². The minimum atomic E-state index is -3.03. The first kappa shape index (κ1) is 9.18. The van der Waals surface area contributed by atoms with Crippen molar-refractivity contribution in [1.82, 2.24) is 4.90 Å². The van der Waals surface area contributed by atoms with E-state index in [-0.39, 0.29) is 0 Å². The van der Waals surface area contributed by atoms with Crippen molar-refractivity contribution in [2.45, 2.75) is 18.4 Å². The van der Waals surface area contributed by atoms with Gasteiger partial charge >= 0.3 is 0 Å². The SMILES string of the molecule is O=C([O-])N1CC(F)(F)C[C@H]1CO. The van der Waals surface area contributed by atoms with Gasteiger partial charge in [0.05, 0.1) is 19.2 Å². The van der Waals surface area contributed by atoms with E-state index < -0.39 is 37.6 Å². The second kappa shape index (κ2) is 2.85. The molecule has 4 nitrogen and oxygen atoms in total. The molecule has 0 spiro atoms. The van der Waals surface area contributed by atoms with Gasteiger partial charge in [-0.15, -0.1) is 0 Å². The quantitative estimate of drug-likeness (QED) is 0.564. The van der Waals surface area contributed by atoms with Crippen LogP contribution in [0.25, 0.3) is 0 Å². The highest BCUT2D eigenvalue weighted by molar-refractivity contribution is 5.63. The summed E-state index contributed by atoms with van der Waals surface area (Å²) < 4.78 is 25.1. The molecular weight excluding hydrogens is 172 g/mol. The zero-order valence-electron chi connectivity index (χ0n) is 6.17. The molecule has 0 unspecified atom stereocenters. The molecule has 6 heteroatoms. The largest absolute Gasteiger partial charge is 0.530 e. The smallest absolute Gasteiger partial charge is 0.267 e. The van der Waals surface area contributed by atoms with Crippen LogP contribution in [-0.4, -0.2) is 41.2 Å². The predicted molar refractivity (Wildman–Crippen MR) is 32.5 cm³/mol. The molecule has 0 aromatic carbocycles. The van der Waals surface area contributed by atoms with Crippen molar-refractivity contribution in [1.29, 1.82) is 0 Å². The second-order valence-corrected chi connectivity index (χ2v) is 2.79. The van der Waals surface area contributed by atoms with E-state index >= 15 is 0 Å². The van der Waals surface area contributed by atoms with Crippen LogP contribution in [0.5, 0.6) is 0 Å². The zero-order valence-corrected chi connectivity index (χ0v) is 6.17. The fraction of sp³-hybridized carbons (Fsp3) is 0.833. The maximum absolute atomic E-state index is 12.5. The third kappa shape index (κ3) is 1.63. The first-order valence-corrected chi connectivity index (χ1v) is 3.42. The first-order valence-electron chi connectivity index (χ1n) is 3.42. The molecule has 0 aliphatic carbocycles. The molecule has 0 aromatic heterocycles. The van der Waals surface area contributed by atoms with Crippen LogP contribution in [0.15, 0.2) is 0 Å². The molecule has 1 aliphatic heterocycles. The van der Waals surface area contributed by atoms with Crippen LogP contribution in [0.1, 0.15) is 6.42 Å². The van der Waals surface area contributed by atoms with Gasteiger partial charge in [0.2, 0.25) is 0 Å². The van der Waals surface area contributed by atoms with Gasteiger partial charge in [0.15, 0.2) is 0 Å². The average molecular weight is 180 g/mol. The fourth-order valence-corrected chi connectivity index (χ4v) is 1.27. The lowest BCUT2D eigenvalue weighted by Crippen LogP contribution is -2.45. The Bertz CT molecular complexity index is 197. The molecule has 0 radical (unpaired) electrons. The van der Waals surface area contributed by atoms with Gasteiger partial charge in [-0.25, -0.2) is 8.78 Å². The summed E-state index contributed by atoms with van der Waals surface area (Å²) in [5.41, 5.74) is 0. The van der Waals surface area contributed by atoms with Crippen LogP contribution >= 0.6 is 0 Å². The number of carboxylic acid groups (broad SMARTS) is 1. The van der Waals surface area contributed by atoms with Crippen LogP contribution in [0.3, 0.4) is 0 Å². The highest BCUT2D eigenvalue weighted by atomic mass is 19.3. The molecule has 1 amide bonds. The number of halogens is 2. The topological polar surface area (TPSA) is 63.6 Å². The monoisotopic (exact) mass is 180 g/mol.